The number of halogens is 6. The maximum atomic E-state index is 13.6. The number of fused-ring (bicyclic) bond motifs is 1. The molecule has 43 heavy (non-hydrogen) atoms. The van der Waals surface area contributed by atoms with Gasteiger partial charge in [-0.25, -0.2) is 0 Å². The van der Waals surface area contributed by atoms with Gasteiger partial charge in [0, 0.05) is 43.9 Å². The molecule has 7 nitrogen and oxygen atoms in total. The lowest BCUT2D eigenvalue weighted by molar-refractivity contribution is -0.140. The molecule has 1 aromatic heterocycles. The zero-order chi connectivity index (χ0) is 31.2. The third kappa shape index (κ3) is 8.72. The Morgan fingerprint density at radius 2 is 1.77 bits per heavy atom. The summed E-state index contributed by atoms with van der Waals surface area (Å²) in [5.74, 6) is 5.54. The number of methoxy groups -OCH3 is 2. The number of likely N-dealkylation sites (tertiary alicyclic amines) is 1. The Balaban J connectivity index is 1.51. The first-order valence-corrected chi connectivity index (χ1v) is 13.7. The highest BCUT2D eigenvalue weighted by molar-refractivity contribution is 5.94. The quantitative estimate of drug-likeness (QED) is 0.205. The van der Waals surface area contributed by atoms with Gasteiger partial charge in [0.1, 0.15) is 12.3 Å². The second-order valence-electron chi connectivity index (χ2n) is 10.4. The van der Waals surface area contributed by atoms with E-state index >= 15 is 0 Å². The van der Waals surface area contributed by atoms with Crippen molar-refractivity contribution in [3.05, 3.63) is 53.7 Å². The number of aliphatic hydroxyl groups excluding tert-OH is 1. The molecule has 1 aliphatic heterocycles. The van der Waals surface area contributed by atoms with Crippen LogP contribution in [0.5, 0.6) is 5.75 Å². The fraction of sp³-hybridized carbons (Fsp3) is 0.467. The molecule has 1 fully saturated rings. The molecule has 1 atom stereocenters. The monoisotopic (exact) mass is 612 g/mol. The van der Waals surface area contributed by atoms with Crippen LogP contribution in [0.3, 0.4) is 0 Å². The average molecular weight is 613 g/mol. The Bertz CT molecular complexity index is 1440. The average Bonchev–Trinajstić information content (AvgIpc) is 3.28. The summed E-state index contributed by atoms with van der Waals surface area (Å²) < 4.78 is 90.9. The van der Waals surface area contributed by atoms with Gasteiger partial charge >= 0.3 is 12.4 Å². The number of β-amino-alcohol motifs (C(OH)–C–C–N with tert-alkyl or cyclic N) is 1. The molecule has 2 aromatic carbocycles. The summed E-state index contributed by atoms with van der Waals surface area (Å²) in [5.41, 5.74) is 0.639. The first-order chi connectivity index (χ1) is 20.4. The number of aromatic nitrogens is 1. The van der Waals surface area contributed by atoms with Crippen LogP contribution >= 0.6 is 0 Å². The zero-order valence-electron chi connectivity index (χ0n) is 23.8. The summed E-state index contributed by atoms with van der Waals surface area (Å²) in [4.78, 5) is 2.16. The summed E-state index contributed by atoms with van der Waals surface area (Å²) >= 11 is 0. The van der Waals surface area contributed by atoms with Gasteiger partial charge < -0.3 is 34.7 Å². The summed E-state index contributed by atoms with van der Waals surface area (Å²) in [6, 6.07) is 9.84. The molecule has 4 rings (SSSR count). The molecule has 0 aliphatic carbocycles. The van der Waals surface area contributed by atoms with Crippen LogP contribution in [0.4, 0.5) is 37.7 Å². The number of piperidine rings is 1. The van der Waals surface area contributed by atoms with Gasteiger partial charge in [-0.15, -0.1) is 0 Å². The second-order valence-corrected chi connectivity index (χ2v) is 10.4. The number of nitrogens with one attached hydrogen (secondary N) is 2. The Kier molecular flexibility index (Phi) is 10.4. The summed E-state index contributed by atoms with van der Waals surface area (Å²) in [6.07, 6.45) is -7.99. The van der Waals surface area contributed by atoms with Gasteiger partial charge in [0.25, 0.3) is 0 Å². The third-order valence-electron chi connectivity index (χ3n) is 7.17. The van der Waals surface area contributed by atoms with Gasteiger partial charge in [0.05, 0.1) is 48.8 Å². The Morgan fingerprint density at radius 3 is 2.42 bits per heavy atom. The topological polar surface area (TPSA) is 70.9 Å². The molecule has 2 heterocycles. The van der Waals surface area contributed by atoms with Crippen molar-refractivity contribution in [1.29, 1.82) is 0 Å². The number of benzene rings is 2. The molecule has 1 saturated heterocycles. The molecular weight excluding hydrogens is 578 g/mol. The van der Waals surface area contributed by atoms with Gasteiger partial charge in [-0.2, -0.15) is 26.3 Å². The number of rotatable bonds is 10. The van der Waals surface area contributed by atoms with E-state index in [1.807, 2.05) is 6.07 Å². The molecule has 0 bridgehead atoms. The van der Waals surface area contributed by atoms with E-state index in [9.17, 15) is 31.4 Å². The third-order valence-corrected chi connectivity index (χ3v) is 7.17. The molecule has 234 valence electrons. The summed E-state index contributed by atoms with van der Waals surface area (Å²) in [5, 5.41) is 17.0. The minimum Gasteiger partial charge on any atom is -0.495 e. The molecule has 0 saturated carbocycles. The molecule has 3 aromatic rings. The second kappa shape index (κ2) is 13.8. The van der Waals surface area contributed by atoms with E-state index < -0.39 is 30.6 Å². The van der Waals surface area contributed by atoms with Crippen molar-refractivity contribution in [1.82, 2.24) is 9.47 Å². The maximum absolute atomic E-state index is 13.6. The Morgan fingerprint density at radius 1 is 1.02 bits per heavy atom. The van der Waals surface area contributed by atoms with Crippen molar-refractivity contribution in [2.45, 2.75) is 43.9 Å². The number of ether oxygens (including phenoxy) is 2. The van der Waals surface area contributed by atoms with Gasteiger partial charge in [-0.1, -0.05) is 12.0 Å². The standard InChI is InChI=1S/C30H34F6N4O3/c1-42-18-23(41)17-39-13-10-21(11-14-39)38-25-6-3-7-27-24(25)16-22(40(27)19-29(31,32)33)5-4-12-37-26-9-8-20(30(34,35)36)15-28(26)43-2/h3,6-9,15-16,21,23,37-38,41H,10-14,17-19H2,1-2H3. The van der Waals surface area contributed by atoms with E-state index in [0.717, 1.165) is 42.6 Å². The van der Waals surface area contributed by atoms with Crippen LogP contribution in [0, 0.1) is 11.8 Å². The van der Waals surface area contributed by atoms with Crippen molar-refractivity contribution >= 4 is 22.3 Å². The molecule has 0 spiro atoms. The van der Waals surface area contributed by atoms with Crippen LogP contribution in [0.25, 0.3) is 10.9 Å². The predicted octanol–water partition coefficient (Wildman–Crippen LogP) is 5.58. The fourth-order valence-electron chi connectivity index (χ4n) is 5.17. The SMILES string of the molecule is COCC(O)CN1CCC(Nc2cccc3c2cc(C#CCNc2ccc(C(F)(F)F)cc2OC)n3CC(F)(F)F)CC1. The van der Waals surface area contributed by atoms with Crippen LogP contribution in [-0.2, 0) is 17.5 Å². The molecule has 1 aliphatic rings. The maximum Gasteiger partial charge on any atom is 0.416 e. The highest BCUT2D eigenvalue weighted by Crippen LogP contribution is 2.35. The van der Waals surface area contributed by atoms with E-state index in [4.69, 9.17) is 9.47 Å². The van der Waals surface area contributed by atoms with E-state index in [1.165, 1.54) is 20.3 Å². The fourth-order valence-corrected chi connectivity index (χ4v) is 5.17. The Labute approximate surface area is 245 Å². The van der Waals surface area contributed by atoms with E-state index in [2.05, 4.69) is 27.4 Å². The summed E-state index contributed by atoms with van der Waals surface area (Å²) in [6.45, 7) is 1.02. The van der Waals surface area contributed by atoms with E-state index in [-0.39, 0.29) is 36.3 Å². The van der Waals surface area contributed by atoms with Crippen molar-refractivity contribution < 1.29 is 40.9 Å². The van der Waals surface area contributed by atoms with Crippen LogP contribution in [0.1, 0.15) is 24.1 Å². The number of hydrogen-bond donors (Lipinski definition) is 3. The summed E-state index contributed by atoms with van der Waals surface area (Å²) in [7, 11) is 2.78. The van der Waals surface area contributed by atoms with E-state index in [0.29, 0.717) is 23.1 Å². The highest BCUT2D eigenvalue weighted by atomic mass is 19.4. The lowest BCUT2D eigenvalue weighted by Crippen LogP contribution is -2.43. The van der Waals surface area contributed by atoms with Crippen LogP contribution in [-0.4, -0.2) is 79.9 Å². The van der Waals surface area contributed by atoms with Crippen molar-refractivity contribution in [2.75, 3.05) is 57.6 Å². The minimum absolute atomic E-state index is 0.0319. The highest BCUT2D eigenvalue weighted by Gasteiger charge is 2.32. The largest absolute Gasteiger partial charge is 0.495 e. The molecule has 1 unspecified atom stereocenters. The molecule has 0 radical (unpaired) electrons. The normalized spacial score (nSPS) is 15.7. The van der Waals surface area contributed by atoms with Gasteiger partial charge in [-0.05, 0) is 55.2 Å². The number of hydrogen-bond acceptors (Lipinski definition) is 6. The lowest BCUT2D eigenvalue weighted by atomic mass is 10.0. The Hall–Kier alpha value is -3.60. The molecule has 13 heteroatoms. The molecule has 0 amide bonds. The number of nitrogens with zero attached hydrogens (tertiary/aromatic N) is 2. The van der Waals surface area contributed by atoms with Crippen LogP contribution in [0.2, 0.25) is 0 Å². The van der Waals surface area contributed by atoms with Crippen LogP contribution in [0.15, 0.2) is 42.5 Å². The number of aliphatic hydroxyl groups is 1. The van der Waals surface area contributed by atoms with Crippen molar-refractivity contribution in [2.24, 2.45) is 0 Å². The van der Waals surface area contributed by atoms with E-state index in [1.54, 1.807) is 18.2 Å². The first-order valence-electron chi connectivity index (χ1n) is 13.7. The number of alkyl halides is 6. The lowest BCUT2D eigenvalue weighted by Gasteiger charge is -2.34. The predicted molar refractivity (Wildman–Crippen MR) is 152 cm³/mol. The van der Waals surface area contributed by atoms with Crippen molar-refractivity contribution in [3.8, 4) is 17.6 Å². The van der Waals surface area contributed by atoms with Gasteiger partial charge in [-0.3, -0.25) is 0 Å². The van der Waals surface area contributed by atoms with Crippen LogP contribution < -0.4 is 15.4 Å². The van der Waals surface area contributed by atoms with Crippen molar-refractivity contribution in [3.63, 3.8) is 0 Å². The van der Waals surface area contributed by atoms with Gasteiger partial charge in [0.15, 0.2) is 0 Å². The first kappa shape index (κ1) is 32.3. The molecular formula is C30H34F6N4O3. The zero-order valence-corrected chi connectivity index (χ0v) is 23.8. The minimum atomic E-state index is -4.53. The molecule has 3 N–H and O–H groups in total. The number of anilines is 2. The smallest absolute Gasteiger partial charge is 0.416 e. The van der Waals surface area contributed by atoms with Gasteiger partial charge in [0.2, 0.25) is 0 Å².